The zero-order valence-corrected chi connectivity index (χ0v) is 10.9. The number of nitrogens with one attached hydrogen (secondary N) is 1. The molecule has 1 aliphatic rings. The fourth-order valence-electron chi connectivity index (χ4n) is 2.26. The monoisotopic (exact) mass is 269 g/mol. The molecule has 2 aromatic carbocycles. The molecule has 1 aliphatic heterocycles. The zero-order chi connectivity index (χ0) is 13.9. The van der Waals surface area contributed by atoms with Crippen molar-refractivity contribution in [3.05, 3.63) is 64.7 Å². The SMILES string of the molecule is O=C(NCc1cccc(O)c1)c1ccc2c(c1)COC2. The summed E-state index contributed by atoms with van der Waals surface area (Å²) >= 11 is 0. The number of hydrogen-bond donors (Lipinski definition) is 2. The lowest BCUT2D eigenvalue weighted by molar-refractivity contribution is 0.0950. The molecular weight excluding hydrogens is 254 g/mol. The van der Waals surface area contributed by atoms with Crippen molar-refractivity contribution in [3.63, 3.8) is 0 Å². The maximum absolute atomic E-state index is 12.1. The largest absolute Gasteiger partial charge is 0.508 e. The van der Waals surface area contributed by atoms with E-state index in [1.807, 2.05) is 24.3 Å². The first-order valence-corrected chi connectivity index (χ1v) is 6.48. The Morgan fingerprint density at radius 1 is 1.15 bits per heavy atom. The van der Waals surface area contributed by atoms with Crippen LogP contribution in [0.4, 0.5) is 0 Å². The molecule has 102 valence electrons. The van der Waals surface area contributed by atoms with Gasteiger partial charge in [-0.2, -0.15) is 0 Å². The van der Waals surface area contributed by atoms with E-state index in [1.54, 1.807) is 18.2 Å². The molecule has 3 rings (SSSR count). The molecule has 0 atom stereocenters. The second kappa shape index (κ2) is 5.35. The number of hydrogen-bond acceptors (Lipinski definition) is 3. The highest BCUT2D eigenvalue weighted by Crippen LogP contribution is 2.20. The predicted octanol–water partition coefficient (Wildman–Crippen LogP) is 2.35. The van der Waals surface area contributed by atoms with Crippen molar-refractivity contribution in [2.45, 2.75) is 19.8 Å². The minimum absolute atomic E-state index is 0.122. The Labute approximate surface area is 117 Å². The number of aromatic hydroxyl groups is 1. The van der Waals surface area contributed by atoms with Gasteiger partial charge in [-0.25, -0.2) is 0 Å². The van der Waals surface area contributed by atoms with Gasteiger partial charge in [-0.15, -0.1) is 0 Å². The van der Waals surface area contributed by atoms with Crippen molar-refractivity contribution in [3.8, 4) is 5.75 Å². The van der Waals surface area contributed by atoms with Crippen molar-refractivity contribution < 1.29 is 14.6 Å². The maximum atomic E-state index is 12.1. The second-order valence-corrected chi connectivity index (χ2v) is 4.83. The number of carbonyl (C=O) groups is 1. The smallest absolute Gasteiger partial charge is 0.251 e. The van der Waals surface area contributed by atoms with Gasteiger partial charge in [0.25, 0.3) is 5.91 Å². The van der Waals surface area contributed by atoms with E-state index in [9.17, 15) is 9.90 Å². The Morgan fingerprint density at radius 2 is 2.00 bits per heavy atom. The average molecular weight is 269 g/mol. The van der Waals surface area contributed by atoms with E-state index in [1.165, 1.54) is 0 Å². The summed E-state index contributed by atoms with van der Waals surface area (Å²) in [5.74, 6) is 0.0782. The van der Waals surface area contributed by atoms with E-state index in [4.69, 9.17) is 4.74 Å². The van der Waals surface area contributed by atoms with Crippen molar-refractivity contribution in [2.75, 3.05) is 0 Å². The highest BCUT2D eigenvalue weighted by Gasteiger charge is 2.14. The molecule has 0 radical (unpaired) electrons. The molecule has 0 aromatic heterocycles. The summed E-state index contributed by atoms with van der Waals surface area (Å²) in [6, 6.07) is 12.5. The highest BCUT2D eigenvalue weighted by atomic mass is 16.5. The quantitative estimate of drug-likeness (QED) is 0.899. The van der Waals surface area contributed by atoms with E-state index >= 15 is 0 Å². The number of fused-ring (bicyclic) bond motifs is 1. The average Bonchev–Trinajstić information content (AvgIpc) is 2.92. The van der Waals surface area contributed by atoms with Crippen molar-refractivity contribution >= 4 is 5.91 Å². The molecule has 2 aromatic rings. The van der Waals surface area contributed by atoms with Gasteiger partial charge in [-0.3, -0.25) is 4.79 Å². The zero-order valence-electron chi connectivity index (χ0n) is 10.9. The Hall–Kier alpha value is -2.33. The van der Waals surface area contributed by atoms with E-state index in [2.05, 4.69) is 5.32 Å². The third kappa shape index (κ3) is 2.65. The first-order valence-electron chi connectivity index (χ1n) is 6.48. The second-order valence-electron chi connectivity index (χ2n) is 4.83. The topological polar surface area (TPSA) is 58.6 Å². The lowest BCUT2D eigenvalue weighted by Crippen LogP contribution is -2.22. The molecule has 0 bridgehead atoms. The van der Waals surface area contributed by atoms with Gasteiger partial charge in [0, 0.05) is 12.1 Å². The van der Waals surface area contributed by atoms with Gasteiger partial charge in [0.1, 0.15) is 5.75 Å². The van der Waals surface area contributed by atoms with E-state index in [0.717, 1.165) is 16.7 Å². The lowest BCUT2D eigenvalue weighted by atomic mass is 10.1. The number of amides is 1. The molecule has 20 heavy (non-hydrogen) atoms. The molecule has 2 N–H and O–H groups in total. The molecule has 4 nitrogen and oxygen atoms in total. The van der Waals surface area contributed by atoms with Gasteiger partial charge in [0.2, 0.25) is 0 Å². The first-order chi connectivity index (χ1) is 9.72. The third-order valence-electron chi connectivity index (χ3n) is 3.35. The van der Waals surface area contributed by atoms with Gasteiger partial charge >= 0.3 is 0 Å². The van der Waals surface area contributed by atoms with Crippen LogP contribution in [-0.2, 0) is 24.5 Å². The van der Waals surface area contributed by atoms with E-state index in [0.29, 0.717) is 25.3 Å². The summed E-state index contributed by atoms with van der Waals surface area (Å²) in [6.07, 6.45) is 0. The van der Waals surface area contributed by atoms with Crippen molar-refractivity contribution in [1.82, 2.24) is 5.32 Å². The molecule has 1 heterocycles. The standard InChI is InChI=1S/C16H15NO3/c18-15-3-1-2-11(6-15)8-17-16(19)12-4-5-13-9-20-10-14(13)7-12/h1-7,18H,8-10H2,(H,17,19). The Balaban J connectivity index is 1.67. The van der Waals surface area contributed by atoms with Crippen LogP contribution in [0.1, 0.15) is 27.0 Å². The van der Waals surface area contributed by atoms with Crippen LogP contribution in [0.5, 0.6) is 5.75 Å². The molecule has 0 unspecified atom stereocenters. The summed E-state index contributed by atoms with van der Waals surface area (Å²) in [5, 5.41) is 12.2. The van der Waals surface area contributed by atoms with Crippen LogP contribution in [0.25, 0.3) is 0 Å². The van der Waals surface area contributed by atoms with Gasteiger partial charge < -0.3 is 15.2 Å². The van der Waals surface area contributed by atoms with Crippen LogP contribution in [0.3, 0.4) is 0 Å². The van der Waals surface area contributed by atoms with Crippen molar-refractivity contribution in [1.29, 1.82) is 0 Å². The molecular formula is C16H15NO3. The van der Waals surface area contributed by atoms with Gasteiger partial charge in [0.15, 0.2) is 0 Å². The van der Waals surface area contributed by atoms with Crippen LogP contribution < -0.4 is 5.32 Å². The molecule has 0 spiro atoms. The van der Waals surface area contributed by atoms with Crippen LogP contribution in [0.2, 0.25) is 0 Å². The number of benzene rings is 2. The fraction of sp³-hybridized carbons (Fsp3) is 0.188. The van der Waals surface area contributed by atoms with Crippen LogP contribution in [0, 0.1) is 0 Å². The van der Waals surface area contributed by atoms with Gasteiger partial charge in [0.05, 0.1) is 13.2 Å². The lowest BCUT2D eigenvalue weighted by Gasteiger charge is -2.07. The maximum Gasteiger partial charge on any atom is 0.251 e. The van der Waals surface area contributed by atoms with Gasteiger partial charge in [-0.05, 0) is 41.0 Å². The summed E-state index contributed by atoms with van der Waals surface area (Å²) in [5.41, 5.74) is 3.72. The highest BCUT2D eigenvalue weighted by molar-refractivity contribution is 5.94. The Kier molecular flexibility index (Phi) is 3.39. The summed E-state index contributed by atoms with van der Waals surface area (Å²) < 4.78 is 5.33. The van der Waals surface area contributed by atoms with Crippen LogP contribution in [-0.4, -0.2) is 11.0 Å². The normalized spacial score (nSPS) is 13.0. The number of ether oxygens (including phenoxy) is 1. The van der Waals surface area contributed by atoms with E-state index in [-0.39, 0.29) is 11.7 Å². The molecule has 4 heteroatoms. The number of phenolic OH excluding ortho intramolecular Hbond substituents is 1. The fourth-order valence-corrected chi connectivity index (χ4v) is 2.26. The summed E-state index contributed by atoms with van der Waals surface area (Å²) in [7, 11) is 0. The summed E-state index contributed by atoms with van der Waals surface area (Å²) in [4.78, 5) is 12.1. The number of phenols is 1. The third-order valence-corrected chi connectivity index (χ3v) is 3.35. The minimum atomic E-state index is -0.122. The number of carbonyl (C=O) groups excluding carboxylic acids is 1. The minimum Gasteiger partial charge on any atom is -0.508 e. The van der Waals surface area contributed by atoms with E-state index < -0.39 is 0 Å². The summed E-state index contributed by atoms with van der Waals surface area (Å²) in [6.45, 7) is 1.59. The molecule has 0 saturated heterocycles. The first kappa shape index (κ1) is 12.7. The Bertz CT molecular complexity index is 652. The molecule has 0 saturated carbocycles. The van der Waals surface area contributed by atoms with Crippen molar-refractivity contribution in [2.24, 2.45) is 0 Å². The molecule has 1 amide bonds. The van der Waals surface area contributed by atoms with Crippen LogP contribution in [0.15, 0.2) is 42.5 Å². The van der Waals surface area contributed by atoms with Crippen LogP contribution >= 0.6 is 0 Å². The van der Waals surface area contributed by atoms with Gasteiger partial charge in [-0.1, -0.05) is 18.2 Å². The molecule has 0 aliphatic carbocycles. The predicted molar refractivity (Wildman–Crippen MR) is 74.2 cm³/mol. The number of rotatable bonds is 3. The molecule has 0 fully saturated rings. The Morgan fingerprint density at radius 3 is 2.85 bits per heavy atom.